The minimum Gasteiger partial charge on any atom is -0.478 e. The molecule has 3 N–H and O–H groups in total. The number of aliphatic hydroxyl groups is 2. The third-order valence-electron chi connectivity index (χ3n) is 5.98. The fraction of sp³-hybridized carbons (Fsp3) is 0.800. The zero-order chi connectivity index (χ0) is 14.7. The van der Waals surface area contributed by atoms with E-state index in [1.165, 1.54) is 0 Å². The fourth-order valence-corrected chi connectivity index (χ4v) is 4.77. The molecule has 0 amide bonds. The van der Waals surface area contributed by atoms with Gasteiger partial charge in [-0.3, -0.25) is 0 Å². The average Bonchev–Trinajstić information content (AvgIpc) is 2.71. The highest BCUT2D eigenvalue weighted by molar-refractivity contribution is 5.87. The van der Waals surface area contributed by atoms with E-state index in [-0.39, 0.29) is 23.9 Å². The summed E-state index contributed by atoms with van der Waals surface area (Å²) < 4.78 is 5.44. The summed E-state index contributed by atoms with van der Waals surface area (Å²) in [7, 11) is 0. The van der Waals surface area contributed by atoms with Gasteiger partial charge in [-0.1, -0.05) is 19.9 Å². The van der Waals surface area contributed by atoms with Crippen molar-refractivity contribution in [3.05, 3.63) is 11.6 Å². The molecule has 112 valence electrons. The van der Waals surface area contributed by atoms with Gasteiger partial charge in [0.2, 0.25) is 0 Å². The van der Waals surface area contributed by atoms with Gasteiger partial charge in [0.25, 0.3) is 0 Å². The molecular weight excluding hydrogens is 260 g/mol. The van der Waals surface area contributed by atoms with Gasteiger partial charge in [0.05, 0.1) is 12.7 Å². The number of allylic oxidation sites excluding steroid dienone is 1. The second kappa shape index (κ2) is 4.29. The maximum absolute atomic E-state index is 11.4. The van der Waals surface area contributed by atoms with Crippen LogP contribution in [0, 0.1) is 22.7 Å². The predicted molar refractivity (Wildman–Crippen MR) is 70.7 cm³/mol. The number of carbonyl (C=O) groups is 1. The first kappa shape index (κ1) is 14.0. The topological polar surface area (TPSA) is 87.0 Å². The minimum absolute atomic E-state index is 0.0318. The van der Waals surface area contributed by atoms with E-state index >= 15 is 0 Å². The lowest BCUT2D eigenvalue weighted by atomic mass is 9.47. The standard InChI is InChI=1S/C15H22O5/c1-14(2)10-4-3-8(12(17)18)9-7-20-13(19)15(9,10)6-5-11(14)16/h3,9-11,13,16,19H,4-7H2,1-2H3,(H,17,18)/t9-,10-,11-,13?,15-/m0/s1. The Hall–Kier alpha value is -0.910. The van der Waals surface area contributed by atoms with Crippen molar-refractivity contribution >= 4 is 5.97 Å². The summed E-state index contributed by atoms with van der Waals surface area (Å²) in [4.78, 5) is 11.4. The summed E-state index contributed by atoms with van der Waals surface area (Å²) >= 11 is 0. The zero-order valence-electron chi connectivity index (χ0n) is 11.9. The molecule has 0 aromatic rings. The van der Waals surface area contributed by atoms with Crippen LogP contribution >= 0.6 is 0 Å². The van der Waals surface area contributed by atoms with Crippen LogP contribution in [0.4, 0.5) is 0 Å². The molecule has 2 fully saturated rings. The monoisotopic (exact) mass is 282 g/mol. The molecule has 1 aliphatic heterocycles. The first-order valence-corrected chi connectivity index (χ1v) is 7.23. The van der Waals surface area contributed by atoms with Gasteiger partial charge >= 0.3 is 5.97 Å². The number of aliphatic hydroxyl groups excluding tert-OH is 2. The number of aliphatic carboxylic acids is 1. The van der Waals surface area contributed by atoms with Crippen LogP contribution in [0.2, 0.25) is 0 Å². The summed E-state index contributed by atoms with van der Waals surface area (Å²) in [6, 6.07) is 0. The summed E-state index contributed by atoms with van der Waals surface area (Å²) in [6.07, 6.45) is 2.16. The Morgan fingerprint density at radius 1 is 1.40 bits per heavy atom. The Morgan fingerprint density at radius 3 is 2.75 bits per heavy atom. The molecule has 0 aromatic heterocycles. The Balaban J connectivity index is 2.11. The lowest BCUT2D eigenvalue weighted by molar-refractivity contribution is -0.198. The molecule has 5 nitrogen and oxygen atoms in total. The molecule has 1 spiro atoms. The number of hydrogen-bond acceptors (Lipinski definition) is 4. The molecule has 1 unspecified atom stereocenters. The summed E-state index contributed by atoms with van der Waals surface area (Å²) in [5.41, 5.74) is -0.554. The maximum atomic E-state index is 11.4. The molecular formula is C15H22O5. The van der Waals surface area contributed by atoms with Gasteiger partial charge in [0, 0.05) is 16.9 Å². The van der Waals surface area contributed by atoms with Crippen molar-refractivity contribution in [2.75, 3.05) is 6.61 Å². The van der Waals surface area contributed by atoms with Crippen molar-refractivity contribution in [1.82, 2.24) is 0 Å². The first-order valence-electron chi connectivity index (χ1n) is 7.23. The van der Waals surface area contributed by atoms with Crippen molar-refractivity contribution < 1.29 is 24.9 Å². The lowest BCUT2D eigenvalue weighted by Crippen LogP contribution is -2.58. The molecule has 20 heavy (non-hydrogen) atoms. The molecule has 0 bridgehead atoms. The first-order chi connectivity index (χ1) is 9.31. The zero-order valence-corrected chi connectivity index (χ0v) is 11.9. The van der Waals surface area contributed by atoms with Crippen LogP contribution in [0.15, 0.2) is 11.6 Å². The second-order valence-corrected chi connectivity index (χ2v) is 6.98. The Labute approximate surface area is 118 Å². The van der Waals surface area contributed by atoms with Gasteiger partial charge in [-0.05, 0) is 30.6 Å². The second-order valence-electron chi connectivity index (χ2n) is 6.98. The van der Waals surface area contributed by atoms with Crippen LogP contribution in [0.5, 0.6) is 0 Å². The largest absolute Gasteiger partial charge is 0.478 e. The third kappa shape index (κ3) is 1.57. The molecule has 1 heterocycles. The number of rotatable bonds is 1. The quantitative estimate of drug-likeness (QED) is 0.671. The van der Waals surface area contributed by atoms with E-state index in [1.54, 1.807) is 6.08 Å². The fourth-order valence-electron chi connectivity index (χ4n) is 4.77. The van der Waals surface area contributed by atoms with Crippen molar-refractivity contribution in [1.29, 1.82) is 0 Å². The van der Waals surface area contributed by atoms with E-state index in [9.17, 15) is 20.1 Å². The van der Waals surface area contributed by atoms with Crippen LogP contribution in [0.1, 0.15) is 33.1 Å². The summed E-state index contributed by atoms with van der Waals surface area (Å²) in [5, 5.41) is 30.1. The molecule has 1 saturated carbocycles. The Morgan fingerprint density at radius 2 is 2.10 bits per heavy atom. The van der Waals surface area contributed by atoms with Crippen LogP contribution < -0.4 is 0 Å². The van der Waals surface area contributed by atoms with E-state index in [4.69, 9.17) is 4.74 Å². The van der Waals surface area contributed by atoms with E-state index in [2.05, 4.69) is 0 Å². The van der Waals surface area contributed by atoms with Crippen molar-refractivity contribution in [2.45, 2.75) is 45.5 Å². The third-order valence-corrected chi connectivity index (χ3v) is 5.98. The number of hydrogen-bond donors (Lipinski definition) is 3. The minimum atomic E-state index is -0.938. The highest BCUT2D eigenvalue weighted by Crippen LogP contribution is 2.63. The molecule has 3 rings (SSSR count). The van der Waals surface area contributed by atoms with E-state index in [1.807, 2.05) is 13.8 Å². The van der Waals surface area contributed by atoms with Crippen molar-refractivity contribution in [2.24, 2.45) is 22.7 Å². The van der Waals surface area contributed by atoms with Gasteiger partial charge in [0.15, 0.2) is 6.29 Å². The highest BCUT2D eigenvalue weighted by atomic mass is 16.6. The van der Waals surface area contributed by atoms with Crippen LogP contribution in [0.25, 0.3) is 0 Å². The van der Waals surface area contributed by atoms with Crippen LogP contribution in [-0.4, -0.2) is 40.3 Å². The Bertz CT molecular complexity index is 469. The normalized spacial score (nSPS) is 46.3. The van der Waals surface area contributed by atoms with Gasteiger partial charge in [0.1, 0.15) is 0 Å². The van der Waals surface area contributed by atoms with Gasteiger partial charge in [-0.2, -0.15) is 0 Å². The highest BCUT2D eigenvalue weighted by Gasteiger charge is 2.65. The summed E-state index contributed by atoms with van der Waals surface area (Å²) in [5.74, 6) is -1.17. The molecule has 5 atom stereocenters. The molecule has 3 aliphatic rings. The van der Waals surface area contributed by atoms with Crippen molar-refractivity contribution in [3.8, 4) is 0 Å². The predicted octanol–water partition coefficient (Wildman–Crippen LogP) is 1.15. The van der Waals surface area contributed by atoms with Crippen LogP contribution in [-0.2, 0) is 9.53 Å². The van der Waals surface area contributed by atoms with Gasteiger partial charge < -0.3 is 20.1 Å². The number of ether oxygens (including phenoxy) is 1. The SMILES string of the molecule is CC1(C)[C@@H](O)CC[C@]23C(O)OC[C@H]2C(C(=O)O)=CC[C@@H]13. The van der Waals surface area contributed by atoms with E-state index in [0.717, 1.165) is 0 Å². The lowest BCUT2D eigenvalue weighted by Gasteiger charge is -2.57. The Kier molecular flexibility index (Phi) is 3.01. The van der Waals surface area contributed by atoms with Gasteiger partial charge in [-0.15, -0.1) is 0 Å². The van der Waals surface area contributed by atoms with Crippen LogP contribution in [0.3, 0.4) is 0 Å². The van der Waals surface area contributed by atoms with Crippen molar-refractivity contribution in [3.63, 3.8) is 0 Å². The number of carboxylic acids is 1. The molecule has 0 aromatic carbocycles. The average molecular weight is 282 g/mol. The van der Waals surface area contributed by atoms with E-state index in [0.29, 0.717) is 24.8 Å². The molecule has 5 heteroatoms. The number of carboxylic acid groups (broad SMARTS) is 1. The van der Waals surface area contributed by atoms with Gasteiger partial charge in [-0.25, -0.2) is 4.79 Å². The molecule has 0 radical (unpaired) electrons. The smallest absolute Gasteiger partial charge is 0.331 e. The molecule has 2 aliphatic carbocycles. The maximum Gasteiger partial charge on any atom is 0.331 e. The molecule has 1 saturated heterocycles. The summed E-state index contributed by atoms with van der Waals surface area (Å²) in [6.45, 7) is 4.26. The van der Waals surface area contributed by atoms with E-state index < -0.39 is 23.8 Å².